The molecule has 2 aromatic rings. The maximum absolute atomic E-state index is 13.6. The van der Waals surface area contributed by atoms with Gasteiger partial charge >= 0.3 is 0 Å². The summed E-state index contributed by atoms with van der Waals surface area (Å²) < 4.78 is 38.1. The van der Waals surface area contributed by atoms with E-state index in [-0.39, 0.29) is 0 Å². The smallest absolute Gasteiger partial charge is 0.261 e. The molecule has 0 saturated heterocycles. The first-order chi connectivity index (χ1) is 10.6. The molecule has 4 nitrogen and oxygen atoms in total. The Labute approximate surface area is 125 Å². The summed E-state index contributed by atoms with van der Waals surface area (Å²) in [6.07, 6.45) is 0.761. The SMILES string of the molecule is O=C(Nc1ccc2c(c1)OCCCO2)c1c(F)cccc1F. The van der Waals surface area contributed by atoms with Crippen LogP contribution in [0.25, 0.3) is 0 Å². The van der Waals surface area contributed by atoms with Gasteiger partial charge in [-0.3, -0.25) is 4.79 Å². The highest BCUT2D eigenvalue weighted by Crippen LogP contribution is 2.32. The van der Waals surface area contributed by atoms with Gasteiger partial charge in [0.2, 0.25) is 0 Å². The van der Waals surface area contributed by atoms with Gasteiger partial charge in [-0.05, 0) is 24.3 Å². The van der Waals surface area contributed by atoms with Crippen molar-refractivity contribution in [1.82, 2.24) is 0 Å². The van der Waals surface area contributed by atoms with E-state index in [2.05, 4.69) is 5.32 Å². The minimum Gasteiger partial charge on any atom is -0.490 e. The second-order valence-corrected chi connectivity index (χ2v) is 4.76. The van der Waals surface area contributed by atoms with Crippen molar-refractivity contribution >= 4 is 11.6 Å². The number of hydrogen-bond donors (Lipinski definition) is 1. The van der Waals surface area contributed by atoms with Crippen LogP contribution >= 0.6 is 0 Å². The van der Waals surface area contributed by atoms with E-state index in [1.165, 1.54) is 6.07 Å². The Hall–Kier alpha value is -2.63. The van der Waals surface area contributed by atoms with Gasteiger partial charge in [-0.15, -0.1) is 0 Å². The highest BCUT2D eigenvalue weighted by Gasteiger charge is 2.18. The number of rotatable bonds is 2. The first-order valence-corrected chi connectivity index (χ1v) is 6.80. The fourth-order valence-electron chi connectivity index (χ4n) is 2.15. The average molecular weight is 305 g/mol. The van der Waals surface area contributed by atoms with Gasteiger partial charge in [-0.25, -0.2) is 8.78 Å². The zero-order valence-electron chi connectivity index (χ0n) is 11.6. The summed E-state index contributed by atoms with van der Waals surface area (Å²) in [4.78, 5) is 12.0. The third-order valence-corrected chi connectivity index (χ3v) is 3.20. The minimum atomic E-state index is -0.910. The van der Waals surface area contributed by atoms with E-state index in [0.717, 1.165) is 18.6 Å². The largest absolute Gasteiger partial charge is 0.490 e. The molecule has 6 heteroatoms. The van der Waals surface area contributed by atoms with Crippen molar-refractivity contribution in [3.63, 3.8) is 0 Å². The normalized spacial score (nSPS) is 13.4. The predicted octanol–water partition coefficient (Wildman–Crippen LogP) is 3.38. The lowest BCUT2D eigenvalue weighted by atomic mass is 10.1. The molecule has 1 amide bonds. The van der Waals surface area contributed by atoms with Crippen LogP contribution in [0.15, 0.2) is 36.4 Å². The van der Waals surface area contributed by atoms with Crippen LogP contribution in [0.3, 0.4) is 0 Å². The van der Waals surface area contributed by atoms with E-state index in [9.17, 15) is 13.6 Å². The molecular formula is C16H13F2NO3. The lowest BCUT2D eigenvalue weighted by molar-refractivity contribution is 0.101. The summed E-state index contributed by atoms with van der Waals surface area (Å²) in [5.41, 5.74) is -0.244. The summed E-state index contributed by atoms with van der Waals surface area (Å²) in [6.45, 7) is 1.06. The van der Waals surface area contributed by atoms with E-state index in [1.54, 1.807) is 18.2 Å². The summed E-state index contributed by atoms with van der Waals surface area (Å²) in [6, 6.07) is 8.07. The molecule has 2 aromatic carbocycles. The van der Waals surface area contributed by atoms with Crippen molar-refractivity contribution in [3.8, 4) is 11.5 Å². The van der Waals surface area contributed by atoms with Gasteiger partial charge in [0.05, 0.1) is 13.2 Å². The molecule has 0 radical (unpaired) electrons. The zero-order chi connectivity index (χ0) is 15.5. The van der Waals surface area contributed by atoms with E-state index in [4.69, 9.17) is 9.47 Å². The average Bonchev–Trinajstić information content (AvgIpc) is 2.72. The van der Waals surface area contributed by atoms with Crippen molar-refractivity contribution in [2.75, 3.05) is 18.5 Å². The van der Waals surface area contributed by atoms with Crippen LogP contribution in [0.1, 0.15) is 16.8 Å². The third kappa shape index (κ3) is 2.86. The van der Waals surface area contributed by atoms with Gasteiger partial charge in [0.15, 0.2) is 11.5 Å². The molecule has 0 fully saturated rings. The second kappa shape index (κ2) is 6.01. The van der Waals surface area contributed by atoms with Crippen LogP contribution in [0.5, 0.6) is 11.5 Å². The van der Waals surface area contributed by atoms with Gasteiger partial charge in [-0.1, -0.05) is 6.07 Å². The highest BCUT2D eigenvalue weighted by molar-refractivity contribution is 6.04. The molecule has 0 bridgehead atoms. The number of benzene rings is 2. The minimum absolute atomic E-state index is 0.372. The molecule has 0 saturated carbocycles. The predicted molar refractivity (Wildman–Crippen MR) is 76.4 cm³/mol. The molecular weight excluding hydrogens is 292 g/mol. The first-order valence-electron chi connectivity index (χ1n) is 6.80. The van der Waals surface area contributed by atoms with Crippen molar-refractivity contribution in [3.05, 3.63) is 53.6 Å². The third-order valence-electron chi connectivity index (χ3n) is 3.20. The zero-order valence-corrected chi connectivity index (χ0v) is 11.6. The molecule has 3 rings (SSSR count). The van der Waals surface area contributed by atoms with E-state index >= 15 is 0 Å². The molecule has 1 aliphatic rings. The summed E-state index contributed by atoms with van der Waals surface area (Å²) in [5, 5.41) is 2.46. The number of fused-ring (bicyclic) bond motifs is 1. The summed E-state index contributed by atoms with van der Waals surface area (Å²) in [7, 11) is 0. The van der Waals surface area contributed by atoms with Crippen molar-refractivity contribution < 1.29 is 23.0 Å². The summed E-state index contributed by atoms with van der Waals surface area (Å²) >= 11 is 0. The Morgan fingerprint density at radius 3 is 2.41 bits per heavy atom. The molecule has 1 aliphatic heterocycles. The lowest BCUT2D eigenvalue weighted by Crippen LogP contribution is -2.15. The Bertz CT molecular complexity index is 698. The van der Waals surface area contributed by atoms with Gasteiger partial charge in [0, 0.05) is 18.2 Å². The molecule has 0 atom stereocenters. The molecule has 1 N–H and O–H groups in total. The van der Waals surface area contributed by atoms with Crippen LogP contribution in [-0.4, -0.2) is 19.1 Å². The maximum atomic E-state index is 13.6. The van der Waals surface area contributed by atoms with Crippen LogP contribution in [0.4, 0.5) is 14.5 Å². The number of ether oxygens (including phenoxy) is 2. The molecule has 0 aromatic heterocycles. The number of hydrogen-bond acceptors (Lipinski definition) is 3. The monoisotopic (exact) mass is 305 g/mol. The summed E-state index contributed by atoms with van der Waals surface area (Å²) in [5.74, 6) is -1.61. The van der Waals surface area contributed by atoms with E-state index < -0.39 is 23.1 Å². The van der Waals surface area contributed by atoms with Gasteiger partial charge in [0.1, 0.15) is 17.2 Å². The van der Waals surface area contributed by atoms with Crippen molar-refractivity contribution in [2.24, 2.45) is 0 Å². The van der Waals surface area contributed by atoms with Crippen LogP contribution in [0.2, 0.25) is 0 Å². The number of carbonyl (C=O) groups is 1. The topological polar surface area (TPSA) is 47.6 Å². The van der Waals surface area contributed by atoms with Crippen molar-refractivity contribution in [1.29, 1.82) is 0 Å². The lowest BCUT2D eigenvalue weighted by Gasteiger charge is -2.11. The van der Waals surface area contributed by atoms with Crippen LogP contribution in [0, 0.1) is 11.6 Å². The second-order valence-electron chi connectivity index (χ2n) is 4.76. The Kier molecular flexibility index (Phi) is 3.91. The van der Waals surface area contributed by atoms with Gasteiger partial charge in [0.25, 0.3) is 5.91 Å². The van der Waals surface area contributed by atoms with E-state index in [1.807, 2.05) is 0 Å². The van der Waals surface area contributed by atoms with Crippen LogP contribution < -0.4 is 14.8 Å². The molecule has 0 spiro atoms. The number of amides is 1. The number of nitrogens with one attached hydrogen (secondary N) is 1. The fraction of sp³-hybridized carbons (Fsp3) is 0.188. The standard InChI is InChI=1S/C16H13F2NO3/c17-11-3-1-4-12(18)15(11)16(20)19-10-5-6-13-14(9-10)22-8-2-7-21-13/h1,3-6,9H,2,7-8H2,(H,19,20). The number of halogens is 2. The van der Waals surface area contributed by atoms with Crippen LogP contribution in [-0.2, 0) is 0 Å². The molecule has 0 unspecified atom stereocenters. The highest BCUT2D eigenvalue weighted by atomic mass is 19.1. The van der Waals surface area contributed by atoms with Gasteiger partial charge < -0.3 is 14.8 Å². The fourth-order valence-corrected chi connectivity index (χ4v) is 2.15. The van der Waals surface area contributed by atoms with Gasteiger partial charge in [-0.2, -0.15) is 0 Å². The molecule has 22 heavy (non-hydrogen) atoms. The Balaban J connectivity index is 1.84. The molecule has 1 heterocycles. The quantitative estimate of drug-likeness (QED) is 0.925. The van der Waals surface area contributed by atoms with Crippen molar-refractivity contribution in [2.45, 2.75) is 6.42 Å². The Morgan fingerprint density at radius 2 is 1.68 bits per heavy atom. The molecule has 114 valence electrons. The molecule has 0 aliphatic carbocycles. The Morgan fingerprint density at radius 1 is 1.00 bits per heavy atom. The number of carbonyl (C=O) groups excluding carboxylic acids is 1. The maximum Gasteiger partial charge on any atom is 0.261 e. The number of anilines is 1. The first kappa shape index (κ1) is 14.3. The van der Waals surface area contributed by atoms with E-state index in [0.29, 0.717) is 30.4 Å².